The summed E-state index contributed by atoms with van der Waals surface area (Å²) >= 11 is 0. The molecule has 1 atom stereocenters. The van der Waals surface area contributed by atoms with Crippen LogP contribution < -0.4 is 5.73 Å². The zero-order valence-corrected chi connectivity index (χ0v) is 10.9. The lowest BCUT2D eigenvalue weighted by Crippen LogP contribution is -2.35. The van der Waals surface area contributed by atoms with Gasteiger partial charge in [0.1, 0.15) is 0 Å². The predicted octanol–water partition coefficient (Wildman–Crippen LogP) is 2.39. The summed E-state index contributed by atoms with van der Waals surface area (Å²) < 4.78 is 0. The highest BCUT2D eigenvalue weighted by Gasteiger charge is 2.26. The fourth-order valence-corrected chi connectivity index (χ4v) is 2.76. The van der Waals surface area contributed by atoms with Gasteiger partial charge in [-0.3, -0.25) is 0 Å². The molecule has 0 saturated carbocycles. The van der Waals surface area contributed by atoms with Crippen molar-refractivity contribution in [2.24, 2.45) is 5.73 Å². The van der Waals surface area contributed by atoms with Crippen molar-refractivity contribution >= 4 is 0 Å². The first-order valence-corrected chi connectivity index (χ1v) is 6.85. The lowest BCUT2D eigenvalue weighted by molar-refractivity contribution is 0.246. The topological polar surface area (TPSA) is 29.3 Å². The van der Waals surface area contributed by atoms with Gasteiger partial charge >= 0.3 is 0 Å². The molecule has 1 aromatic rings. The van der Waals surface area contributed by atoms with Crippen molar-refractivity contribution in [2.75, 3.05) is 26.2 Å². The molecule has 0 heterocycles. The summed E-state index contributed by atoms with van der Waals surface area (Å²) in [6.45, 7) is 6.64. The second kappa shape index (κ2) is 6.18. The number of benzene rings is 1. The van der Waals surface area contributed by atoms with E-state index in [9.17, 15) is 0 Å². The smallest absolute Gasteiger partial charge is 0.00536 e. The van der Waals surface area contributed by atoms with Gasteiger partial charge in [-0.15, -0.1) is 0 Å². The molecule has 2 N–H and O–H groups in total. The molecule has 0 saturated heterocycles. The molecule has 0 radical (unpaired) electrons. The van der Waals surface area contributed by atoms with Crippen LogP contribution in [0.25, 0.3) is 0 Å². The molecule has 2 heteroatoms. The highest BCUT2D eigenvalue weighted by Crippen LogP contribution is 2.35. The molecule has 0 spiro atoms. The molecule has 0 fully saturated rings. The SMILES string of the molecule is CCCN(CCCN)CC1Cc2ccccc21. The number of nitrogens with zero attached hydrogens (tertiary/aromatic N) is 1. The van der Waals surface area contributed by atoms with E-state index in [2.05, 4.69) is 36.1 Å². The molecular formula is C15H24N2. The first kappa shape index (κ1) is 12.6. The van der Waals surface area contributed by atoms with Crippen LogP contribution in [0.4, 0.5) is 0 Å². The number of hydrogen-bond donors (Lipinski definition) is 1. The van der Waals surface area contributed by atoms with Crippen LogP contribution in [0.5, 0.6) is 0 Å². The van der Waals surface area contributed by atoms with Gasteiger partial charge < -0.3 is 10.6 Å². The minimum Gasteiger partial charge on any atom is -0.330 e. The van der Waals surface area contributed by atoms with Crippen LogP contribution in [-0.2, 0) is 6.42 Å². The van der Waals surface area contributed by atoms with Crippen molar-refractivity contribution in [3.63, 3.8) is 0 Å². The molecule has 1 aliphatic carbocycles. The van der Waals surface area contributed by atoms with Gasteiger partial charge in [0.2, 0.25) is 0 Å². The average Bonchev–Trinajstić information content (AvgIpc) is 2.33. The van der Waals surface area contributed by atoms with Crippen LogP contribution in [0.15, 0.2) is 24.3 Å². The summed E-state index contributed by atoms with van der Waals surface area (Å²) in [4.78, 5) is 2.58. The number of nitrogens with two attached hydrogens (primary N) is 1. The predicted molar refractivity (Wildman–Crippen MR) is 73.3 cm³/mol. The van der Waals surface area contributed by atoms with Crippen LogP contribution in [0.2, 0.25) is 0 Å². The van der Waals surface area contributed by atoms with E-state index in [4.69, 9.17) is 5.73 Å². The first-order chi connectivity index (χ1) is 8.35. The van der Waals surface area contributed by atoms with E-state index in [0.717, 1.165) is 25.4 Å². The van der Waals surface area contributed by atoms with Gasteiger partial charge in [-0.05, 0) is 50.0 Å². The fourth-order valence-electron chi connectivity index (χ4n) is 2.76. The van der Waals surface area contributed by atoms with Crippen molar-refractivity contribution in [1.82, 2.24) is 4.90 Å². The maximum Gasteiger partial charge on any atom is 0.00536 e. The summed E-state index contributed by atoms with van der Waals surface area (Å²) in [6, 6.07) is 8.86. The summed E-state index contributed by atoms with van der Waals surface area (Å²) in [5, 5.41) is 0. The molecule has 0 aliphatic heterocycles. The third kappa shape index (κ3) is 3.08. The van der Waals surface area contributed by atoms with E-state index < -0.39 is 0 Å². The lowest BCUT2D eigenvalue weighted by atomic mass is 9.77. The Labute approximate surface area is 105 Å². The van der Waals surface area contributed by atoms with E-state index >= 15 is 0 Å². The third-order valence-corrected chi connectivity index (χ3v) is 3.66. The first-order valence-electron chi connectivity index (χ1n) is 6.85. The largest absolute Gasteiger partial charge is 0.330 e. The highest BCUT2D eigenvalue weighted by atomic mass is 15.1. The Morgan fingerprint density at radius 2 is 2.12 bits per heavy atom. The average molecular weight is 232 g/mol. The second-order valence-corrected chi connectivity index (χ2v) is 5.04. The molecule has 0 bridgehead atoms. The van der Waals surface area contributed by atoms with Gasteiger partial charge in [0.05, 0.1) is 0 Å². The monoisotopic (exact) mass is 232 g/mol. The molecule has 17 heavy (non-hydrogen) atoms. The molecule has 94 valence electrons. The second-order valence-electron chi connectivity index (χ2n) is 5.04. The van der Waals surface area contributed by atoms with Gasteiger partial charge in [0, 0.05) is 12.5 Å². The van der Waals surface area contributed by atoms with Gasteiger partial charge in [0.25, 0.3) is 0 Å². The van der Waals surface area contributed by atoms with Crippen molar-refractivity contribution in [1.29, 1.82) is 0 Å². The van der Waals surface area contributed by atoms with Crippen molar-refractivity contribution in [3.05, 3.63) is 35.4 Å². The van der Waals surface area contributed by atoms with Crippen LogP contribution >= 0.6 is 0 Å². The molecule has 2 rings (SSSR count). The maximum absolute atomic E-state index is 5.60. The minimum atomic E-state index is 0.760. The number of fused-ring (bicyclic) bond motifs is 1. The standard InChI is InChI=1S/C15H24N2/c1-2-9-17(10-5-8-16)12-14-11-13-6-3-4-7-15(13)14/h3-4,6-7,14H,2,5,8-12,16H2,1H3. The van der Waals surface area contributed by atoms with Crippen LogP contribution in [0, 0.1) is 0 Å². The molecule has 0 aromatic heterocycles. The Kier molecular flexibility index (Phi) is 4.57. The Hall–Kier alpha value is -0.860. The molecular weight excluding hydrogens is 208 g/mol. The Bertz CT molecular complexity index is 349. The molecule has 2 nitrogen and oxygen atoms in total. The van der Waals surface area contributed by atoms with Crippen LogP contribution in [0.1, 0.15) is 36.8 Å². The molecule has 1 aromatic carbocycles. The lowest BCUT2D eigenvalue weighted by Gasteiger charge is -2.35. The molecule has 1 aliphatic rings. The number of rotatable bonds is 7. The van der Waals surface area contributed by atoms with Gasteiger partial charge in [-0.1, -0.05) is 31.2 Å². The fraction of sp³-hybridized carbons (Fsp3) is 0.600. The van der Waals surface area contributed by atoms with E-state index in [1.165, 1.54) is 25.9 Å². The molecule has 0 amide bonds. The Morgan fingerprint density at radius 3 is 2.82 bits per heavy atom. The Morgan fingerprint density at radius 1 is 1.29 bits per heavy atom. The van der Waals surface area contributed by atoms with Gasteiger partial charge in [0.15, 0.2) is 0 Å². The highest BCUT2D eigenvalue weighted by molar-refractivity contribution is 5.40. The van der Waals surface area contributed by atoms with Crippen LogP contribution in [0.3, 0.4) is 0 Å². The van der Waals surface area contributed by atoms with Gasteiger partial charge in [-0.25, -0.2) is 0 Å². The summed E-state index contributed by atoms with van der Waals surface area (Å²) in [6.07, 6.45) is 3.62. The summed E-state index contributed by atoms with van der Waals surface area (Å²) in [5.74, 6) is 0.760. The third-order valence-electron chi connectivity index (χ3n) is 3.66. The number of hydrogen-bond acceptors (Lipinski definition) is 2. The normalized spacial score (nSPS) is 17.9. The van der Waals surface area contributed by atoms with E-state index in [-0.39, 0.29) is 0 Å². The maximum atomic E-state index is 5.60. The Balaban J connectivity index is 1.87. The zero-order chi connectivity index (χ0) is 12.1. The van der Waals surface area contributed by atoms with Gasteiger partial charge in [-0.2, -0.15) is 0 Å². The zero-order valence-electron chi connectivity index (χ0n) is 10.9. The summed E-state index contributed by atoms with van der Waals surface area (Å²) in [7, 11) is 0. The van der Waals surface area contributed by atoms with Crippen molar-refractivity contribution in [2.45, 2.75) is 32.1 Å². The quantitative estimate of drug-likeness (QED) is 0.782. The minimum absolute atomic E-state index is 0.760. The van der Waals surface area contributed by atoms with E-state index in [1.54, 1.807) is 11.1 Å². The van der Waals surface area contributed by atoms with Crippen molar-refractivity contribution < 1.29 is 0 Å². The summed E-state index contributed by atoms with van der Waals surface area (Å²) in [5.41, 5.74) is 8.72. The van der Waals surface area contributed by atoms with E-state index in [0.29, 0.717) is 0 Å². The molecule has 1 unspecified atom stereocenters. The van der Waals surface area contributed by atoms with Crippen LogP contribution in [-0.4, -0.2) is 31.1 Å². The van der Waals surface area contributed by atoms with E-state index in [1.807, 2.05) is 0 Å². The van der Waals surface area contributed by atoms with Crippen molar-refractivity contribution in [3.8, 4) is 0 Å².